The molecule has 0 radical (unpaired) electrons. The number of hydrogen-bond acceptors (Lipinski definition) is 1. The lowest BCUT2D eigenvalue weighted by molar-refractivity contribution is 0.599. The highest BCUT2D eigenvalue weighted by atomic mass is 79.9. The number of halogens is 3. The quantitative estimate of drug-likeness (QED) is 0.825. The van der Waals surface area contributed by atoms with Crippen molar-refractivity contribution < 1.29 is 4.39 Å². The van der Waals surface area contributed by atoms with Crippen LogP contribution >= 0.6 is 27.5 Å². The predicted molar refractivity (Wildman–Crippen MR) is 81.1 cm³/mol. The fourth-order valence-electron chi connectivity index (χ4n) is 1.96. The molecule has 0 heterocycles. The van der Waals surface area contributed by atoms with E-state index in [0.717, 1.165) is 21.2 Å². The largest absolute Gasteiger partial charge is 0.320 e. The third-order valence-electron chi connectivity index (χ3n) is 3.24. The maximum absolute atomic E-state index is 13.9. The summed E-state index contributed by atoms with van der Waals surface area (Å²) >= 11 is 9.55. The van der Waals surface area contributed by atoms with E-state index in [1.807, 2.05) is 26.0 Å². The monoisotopic (exact) mass is 341 g/mol. The minimum atomic E-state index is -0.579. The summed E-state index contributed by atoms with van der Waals surface area (Å²) < 4.78 is 14.7. The van der Waals surface area contributed by atoms with Crippen LogP contribution in [0.25, 0.3) is 0 Å². The van der Waals surface area contributed by atoms with Gasteiger partial charge in [0.05, 0.1) is 6.04 Å². The zero-order valence-electron chi connectivity index (χ0n) is 10.7. The zero-order valence-corrected chi connectivity index (χ0v) is 13.0. The Morgan fingerprint density at radius 1 is 1.11 bits per heavy atom. The number of hydrogen-bond donors (Lipinski definition) is 1. The van der Waals surface area contributed by atoms with Gasteiger partial charge in [-0.05, 0) is 54.8 Å². The Bertz CT molecular complexity index is 628. The Morgan fingerprint density at radius 3 is 2.42 bits per heavy atom. The third kappa shape index (κ3) is 2.99. The molecule has 4 heteroatoms. The predicted octanol–water partition coefficient (Wildman–Crippen LogP) is 4.91. The number of nitrogens with two attached hydrogens (primary N) is 1. The van der Waals surface area contributed by atoms with Crippen LogP contribution in [0.2, 0.25) is 5.02 Å². The average Bonchev–Trinajstić information content (AvgIpc) is 2.36. The number of benzene rings is 2. The fraction of sp³-hybridized carbons (Fsp3) is 0.200. The topological polar surface area (TPSA) is 26.0 Å². The van der Waals surface area contributed by atoms with Crippen molar-refractivity contribution in [1.29, 1.82) is 0 Å². The van der Waals surface area contributed by atoms with E-state index in [2.05, 4.69) is 15.9 Å². The molecule has 0 aromatic heterocycles. The van der Waals surface area contributed by atoms with E-state index in [4.69, 9.17) is 17.3 Å². The molecule has 2 aromatic rings. The third-order valence-corrected chi connectivity index (χ3v) is 4.06. The molecule has 2 N–H and O–H groups in total. The first-order valence-corrected chi connectivity index (χ1v) is 7.04. The van der Waals surface area contributed by atoms with Gasteiger partial charge in [-0.1, -0.05) is 33.6 Å². The first-order chi connectivity index (χ1) is 8.90. The van der Waals surface area contributed by atoms with E-state index in [-0.39, 0.29) is 5.82 Å². The van der Waals surface area contributed by atoms with Gasteiger partial charge in [0.15, 0.2) is 0 Å². The summed E-state index contributed by atoms with van der Waals surface area (Å²) in [5.74, 6) is -0.329. The van der Waals surface area contributed by atoms with Crippen molar-refractivity contribution in [3.8, 4) is 0 Å². The first kappa shape index (κ1) is 14.5. The summed E-state index contributed by atoms with van der Waals surface area (Å²) in [6.45, 7) is 3.97. The molecular weight excluding hydrogens is 329 g/mol. The Labute approximate surface area is 125 Å². The molecule has 1 nitrogen and oxygen atoms in total. The molecule has 0 aliphatic heterocycles. The SMILES string of the molecule is Cc1cc(Cl)c(C(N)c2cc(Br)ccc2F)cc1C. The summed E-state index contributed by atoms with van der Waals surface area (Å²) in [6.07, 6.45) is 0. The Balaban J connectivity index is 2.52. The lowest BCUT2D eigenvalue weighted by Gasteiger charge is -2.17. The van der Waals surface area contributed by atoms with Crippen LogP contribution in [0.15, 0.2) is 34.8 Å². The normalized spacial score (nSPS) is 12.5. The minimum absolute atomic E-state index is 0.329. The van der Waals surface area contributed by atoms with E-state index in [9.17, 15) is 4.39 Å². The molecule has 0 fully saturated rings. The Kier molecular flexibility index (Phi) is 4.29. The van der Waals surface area contributed by atoms with Crippen molar-refractivity contribution >= 4 is 27.5 Å². The van der Waals surface area contributed by atoms with Gasteiger partial charge in [-0.3, -0.25) is 0 Å². The van der Waals surface area contributed by atoms with Crippen LogP contribution in [0.1, 0.15) is 28.3 Å². The highest BCUT2D eigenvalue weighted by Gasteiger charge is 2.17. The van der Waals surface area contributed by atoms with Crippen LogP contribution in [0.5, 0.6) is 0 Å². The molecule has 0 saturated carbocycles. The van der Waals surface area contributed by atoms with Crippen LogP contribution in [-0.4, -0.2) is 0 Å². The standard InChI is InChI=1S/C15H14BrClFN/c1-8-5-11(13(17)6-9(8)2)15(19)12-7-10(16)3-4-14(12)18/h3-7,15H,19H2,1-2H3. The summed E-state index contributed by atoms with van der Waals surface area (Å²) in [4.78, 5) is 0. The molecule has 19 heavy (non-hydrogen) atoms. The van der Waals surface area contributed by atoms with E-state index in [0.29, 0.717) is 10.6 Å². The molecule has 100 valence electrons. The first-order valence-electron chi connectivity index (χ1n) is 5.87. The van der Waals surface area contributed by atoms with Crippen LogP contribution in [-0.2, 0) is 0 Å². The second-order valence-electron chi connectivity index (χ2n) is 4.60. The van der Waals surface area contributed by atoms with Crippen molar-refractivity contribution in [3.63, 3.8) is 0 Å². The molecule has 0 saturated heterocycles. The molecule has 0 amide bonds. The van der Waals surface area contributed by atoms with Crippen molar-refractivity contribution in [2.45, 2.75) is 19.9 Å². The highest BCUT2D eigenvalue weighted by Crippen LogP contribution is 2.31. The smallest absolute Gasteiger partial charge is 0.128 e. The van der Waals surface area contributed by atoms with E-state index in [1.54, 1.807) is 12.1 Å². The maximum atomic E-state index is 13.9. The fourth-order valence-corrected chi connectivity index (χ4v) is 2.68. The molecule has 1 atom stereocenters. The number of aryl methyl sites for hydroxylation is 2. The second kappa shape index (κ2) is 5.61. The minimum Gasteiger partial charge on any atom is -0.320 e. The number of rotatable bonds is 2. The van der Waals surface area contributed by atoms with Gasteiger partial charge in [0.25, 0.3) is 0 Å². The van der Waals surface area contributed by atoms with Crippen LogP contribution in [0, 0.1) is 19.7 Å². The van der Waals surface area contributed by atoms with Gasteiger partial charge in [-0.15, -0.1) is 0 Å². The molecule has 0 bridgehead atoms. The van der Waals surface area contributed by atoms with E-state index >= 15 is 0 Å². The van der Waals surface area contributed by atoms with Gasteiger partial charge in [-0.25, -0.2) is 4.39 Å². The van der Waals surface area contributed by atoms with Crippen LogP contribution in [0.4, 0.5) is 4.39 Å². The summed E-state index contributed by atoms with van der Waals surface area (Å²) in [7, 11) is 0. The molecule has 2 rings (SSSR count). The summed E-state index contributed by atoms with van der Waals surface area (Å²) in [5, 5.41) is 0.565. The molecule has 1 unspecified atom stereocenters. The zero-order chi connectivity index (χ0) is 14.2. The Morgan fingerprint density at radius 2 is 1.74 bits per heavy atom. The average molecular weight is 343 g/mol. The highest BCUT2D eigenvalue weighted by molar-refractivity contribution is 9.10. The molecule has 0 aliphatic carbocycles. The second-order valence-corrected chi connectivity index (χ2v) is 5.92. The molecule has 0 aliphatic rings. The lowest BCUT2D eigenvalue weighted by atomic mass is 9.96. The van der Waals surface area contributed by atoms with Crippen LogP contribution < -0.4 is 5.73 Å². The van der Waals surface area contributed by atoms with E-state index < -0.39 is 6.04 Å². The van der Waals surface area contributed by atoms with Crippen molar-refractivity contribution in [1.82, 2.24) is 0 Å². The van der Waals surface area contributed by atoms with Crippen molar-refractivity contribution in [3.05, 3.63) is 67.9 Å². The van der Waals surface area contributed by atoms with Gasteiger partial charge in [-0.2, -0.15) is 0 Å². The summed E-state index contributed by atoms with van der Waals surface area (Å²) in [5.41, 5.74) is 9.51. The van der Waals surface area contributed by atoms with Crippen LogP contribution in [0.3, 0.4) is 0 Å². The molecule has 2 aromatic carbocycles. The Hall–Kier alpha value is -0.900. The van der Waals surface area contributed by atoms with E-state index in [1.165, 1.54) is 6.07 Å². The van der Waals surface area contributed by atoms with Crippen molar-refractivity contribution in [2.24, 2.45) is 5.73 Å². The van der Waals surface area contributed by atoms with Crippen molar-refractivity contribution in [2.75, 3.05) is 0 Å². The van der Waals surface area contributed by atoms with Gasteiger partial charge >= 0.3 is 0 Å². The van der Waals surface area contributed by atoms with Gasteiger partial charge in [0, 0.05) is 15.1 Å². The molecule has 0 spiro atoms. The van der Waals surface area contributed by atoms with Gasteiger partial charge < -0.3 is 5.73 Å². The maximum Gasteiger partial charge on any atom is 0.128 e. The summed E-state index contributed by atoms with van der Waals surface area (Å²) in [6, 6.07) is 7.93. The van der Waals surface area contributed by atoms with Gasteiger partial charge in [0.2, 0.25) is 0 Å². The molecular formula is C15H14BrClFN. The van der Waals surface area contributed by atoms with Gasteiger partial charge in [0.1, 0.15) is 5.82 Å². The lowest BCUT2D eigenvalue weighted by Crippen LogP contribution is -2.14.